The normalized spacial score (nSPS) is 10.2. The highest BCUT2D eigenvalue weighted by molar-refractivity contribution is 5.62. The fourth-order valence-electron chi connectivity index (χ4n) is 2.11. The third-order valence-electron chi connectivity index (χ3n) is 3.51. The van der Waals surface area contributed by atoms with E-state index in [9.17, 15) is 8.78 Å². The Morgan fingerprint density at radius 2 is 1.22 bits per heavy atom. The fourth-order valence-corrected chi connectivity index (χ4v) is 2.11. The van der Waals surface area contributed by atoms with Crippen LogP contribution in [0.3, 0.4) is 0 Å². The third-order valence-corrected chi connectivity index (χ3v) is 3.51. The van der Waals surface area contributed by atoms with E-state index in [-0.39, 0.29) is 29.3 Å². The van der Waals surface area contributed by atoms with Crippen molar-refractivity contribution in [3.63, 3.8) is 0 Å². The number of nitrogens with one attached hydrogen (secondary N) is 2. The molecule has 0 unspecified atom stereocenters. The van der Waals surface area contributed by atoms with Gasteiger partial charge in [0.25, 0.3) is 0 Å². The van der Waals surface area contributed by atoms with Crippen LogP contribution in [0.1, 0.15) is 11.1 Å². The number of hydrogen-bond donors (Lipinski definition) is 2. The van der Waals surface area contributed by atoms with Crippen LogP contribution in [0.2, 0.25) is 0 Å². The lowest BCUT2D eigenvalue weighted by Crippen LogP contribution is -2.21. The zero-order valence-corrected chi connectivity index (χ0v) is 15.0. The van der Waals surface area contributed by atoms with Crippen LogP contribution in [0.5, 0.6) is 11.5 Å². The monoisotopic (exact) mass is 378 g/mol. The van der Waals surface area contributed by atoms with Crippen LogP contribution in [0.4, 0.5) is 8.78 Å². The lowest BCUT2D eigenvalue weighted by molar-refractivity contribution is -0.107. The molecule has 0 atom stereocenters. The van der Waals surface area contributed by atoms with Crippen molar-refractivity contribution in [2.45, 2.75) is 0 Å². The summed E-state index contributed by atoms with van der Waals surface area (Å²) in [7, 11) is 2.89. The first-order valence-corrected chi connectivity index (χ1v) is 7.77. The van der Waals surface area contributed by atoms with E-state index in [0.717, 1.165) is 0 Å². The largest absolute Gasteiger partial charge is 0.497 e. The van der Waals surface area contributed by atoms with E-state index in [1.165, 1.54) is 38.5 Å². The van der Waals surface area contributed by atoms with Gasteiger partial charge in [0.05, 0.1) is 25.6 Å². The second kappa shape index (κ2) is 9.56. The summed E-state index contributed by atoms with van der Waals surface area (Å²) >= 11 is 0. The predicted octanol–water partition coefficient (Wildman–Crippen LogP) is 3.62. The first-order chi connectivity index (χ1) is 13.0. The molecule has 6 nitrogen and oxygen atoms in total. The number of methoxy groups -OCH3 is 2. The van der Waals surface area contributed by atoms with E-state index in [1.807, 2.05) is 0 Å². The van der Waals surface area contributed by atoms with E-state index in [2.05, 4.69) is 24.1 Å². The first kappa shape index (κ1) is 20.2. The summed E-state index contributed by atoms with van der Waals surface area (Å²) in [5.74, 6) is -0.251. The Morgan fingerprint density at radius 1 is 0.815 bits per heavy atom. The average Bonchev–Trinajstić information content (AvgIpc) is 2.66. The smallest absolute Gasteiger partial charge is 0.199 e. The number of benzene rings is 2. The molecule has 0 heterocycles. The summed E-state index contributed by atoms with van der Waals surface area (Å²) < 4.78 is 37.7. The first-order valence-electron chi connectivity index (χ1n) is 7.77. The molecule has 0 bridgehead atoms. The Balaban J connectivity index is 1.77. The lowest BCUT2D eigenvalue weighted by atomic mass is 10.1. The van der Waals surface area contributed by atoms with E-state index >= 15 is 0 Å². The minimum atomic E-state index is -0.516. The van der Waals surface area contributed by atoms with Gasteiger partial charge >= 0.3 is 0 Å². The van der Waals surface area contributed by atoms with Crippen molar-refractivity contribution in [1.29, 1.82) is 0 Å². The summed E-state index contributed by atoms with van der Waals surface area (Å²) in [6.45, 7) is 7.07. The summed E-state index contributed by atoms with van der Waals surface area (Å²) in [6.07, 6.45) is 0. The molecule has 0 saturated carbocycles. The molecule has 144 valence electrons. The molecule has 0 amide bonds. The van der Waals surface area contributed by atoms with Gasteiger partial charge in [0.15, 0.2) is 6.79 Å². The zero-order chi connectivity index (χ0) is 19.8. The maximum absolute atomic E-state index is 13.9. The van der Waals surface area contributed by atoms with Crippen molar-refractivity contribution >= 4 is 11.4 Å². The molecule has 0 aliphatic heterocycles. The molecule has 0 aliphatic carbocycles. The van der Waals surface area contributed by atoms with Crippen molar-refractivity contribution in [3.8, 4) is 11.5 Å². The van der Waals surface area contributed by atoms with Gasteiger partial charge in [-0.15, -0.1) is 0 Å². The Morgan fingerprint density at radius 3 is 1.56 bits per heavy atom. The number of halogens is 2. The van der Waals surface area contributed by atoms with Crippen molar-refractivity contribution in [3.05, 3.63) is 72.3 Å². The minimum Gasteiger partial charge on any atom is -0.497 e. The SMILES string of the molecule is C=C(NOCONC(=C)c1ccc(OC)cc1F)c1ccc(OC)cc1F. The van der Waals surface area contributed by atoms with Crippen LogP contribution in [0.15, 0.2) is 49.6 Å². The predicted molar refractivity (Wildman–Crippen MR) is 97.3 cm³/mol. The van der Waals surface area contributed by atoms with Crippen LogP contribution in [0.25, 0.3) is 11.4 Å². The van der Waals surface area contributed by atoms with Crippen LogP contribution >= 0.6 is 0 Å². The van der Waals surface area contributed by atoms with Crippen molar-refractivity contribution in [2.75, 3.05) is 21.0 Å². The quantitative estimate of drug-likeness (QED) is 0.374. The lowest BCUT2D eigenvalue weighted by Gasteiger charge is -2.13. The van der Waals surface area contributed by atoms with Gasteiger partial charge in [0, 0.05) is 23.3 Å². The molecule has 2 rings (SSSR count). The fraction of sp³-hybridized carbons (Fsp3) is 0.158. The highest BCUT2D eigenvalue weighted by Crippen LogP contribution is 2.21. The summed E-state index contributed by atoms with van der Waals surface area (Å²) in [6, 6.07) is 8.65. The van der Waals surface area contributed by atoms with Crippen LogP contribution in [-0.2, 0) is 9.68 Å². The van der Waals surface area contributed by atoms with Crippen LogP contribution in [-0.4, -0.2) is 21.0 Å². The van der Waals surface area contributed by atoms with E-state index in [1.54, 1.807) is 12.1 Å². The Bertz CT molecular complexity index is 760. The van der Waals surface area contributed by atoms with Crippen LogP contribution < -0.4 is 20.4 Å². The molecule has 0 fully saturated rings. The molecule has 0 aromatic heterocycles. The van der Waals surface area contributed by atoms with Gasteiger partial charge < -0.3 is 9.47 Å². The van der Waals surface area contributed by atoms with Gasteiger partial charge in [-0.05, 0) is 24.3 Å². The Hall–Kier alpha value is -3.10. The van der Waals surface area contributed by atoms with Gasteiger partial charge in [-0.25, -0.2) is 18.5 Å². The molecule has 2 aromatic carbocycles. The van der Waals surface area contributed by atoms with E-state index in [0.29, 0.717) is 11.5 Å². The van der Waals surface area contributed by atoms with Gasteiger partial charge in [-0.2, -0.15) is 0 Å². The molecule has 0 aliphatic rings. The molecule has 2 aromatic rings. The molecule has 0 spiro atoms. The van der Waals surface area contributed by atoms with Crippen molar-refractivity contribution in [2.24, 2.45) is 0 Å². The number of rotatable bonds is 10. The summed E-state index contributed by atoms with van der Waals surface area (Å²) in [5.41, 5.74) is 5.73. The molecule has 27 heavy (non-hydrogen) atoms. The molecular weight excluding hydrogens is 358 g/mol. The maximum Gasteiger partial charge on any atom is 0.199 e. The molecule has 0 saturated heterocycles. The number of hydroxylamine groups is 2. The summed E-state index contributed by atoms with van der Waals surface area (Å²) in [5, 5.41) is 0. The minimum absolute atomic E-state index is 0.193. The maximum atomic E-state index is 13.9. The summed E-state index contributed by atoms with van der Waals surface area (Å²) in [4.78, 5) is 10.1. The van der Waals surface area contributed by atoms with Gasteiger partial charge in [0.1, 0.15) is 23.1 Å². The third kappa shape index (κ3) is 5.44. The van der Waals surface area contributed by atoms with Gasteiger partial charge in [0.2, 0.25) is 0 Å². The Labute approximate surface area is 155 Å². The van der Waals surface area contributed by atoms with Crippen molar-refractivity contribution < 1.29 is 27.9 Å². The zero-order valence-electron chi connectivity index (χ0n) is 15.0. The number of ether oxygens (including phenoxy) is 2. The second-order valence-corrected chi connectivity index (χ2v) is 5.26. The second-order valence-electron chi connectivity index (χ2n) is 5.26. The topological polar surface area (TPSA) is 61.0 Å². The molecule has 2 N–H and O–H groups in total. The molecule has 8 heteroatoms. The molecular formula is C19H20F2N2O4. The van der Waals surface area contributed by atoms with E-state index in [4.69, 9.17) is 19.1 Å². The van der Waals surface area contributed by atoms with Crippen molar-refractivity contribution in [1.82, 2.24) is 11.0 Å². The molecule has 0 radical (unpaired) electrons. The highest BCUT2D eigenvalue weighted by Gasteiger charge is 2.09. The average molecular weight is 378 g/mol. The standard InChI is InChI=1S/C19H20F2N2O4/c1-12(16-7-5-14(24-3)9-18(16)20)22-26-11-27-23-13(2)17-8-6-15(25-4)10-19(17)21/h5-10,22-23H,1-2,11H2,3-4H3. The highest BCUT2D eigenvalue weighted by atomic mass is 19.1. The Kier molecular flexibility index (Phi) is 7.16. The van der Waals surface area contributed by atoms with Gasteiger partial charge in [-0.3, -0.25) is 11.0 Å². The van der Waals surface area contributed by atoms with E-state index < -0.39 is 11.6 Å². The van der Waals surface area contributed by atoms with Gasteiger partial charge in [-0.1, -0.05) is 13.2 Å². The van der Waals surface area contributed by atoms with Crippen LogP contribution in [0, 0.1) is 11.6 Å². The number of hydrogen-bond acceptors (Lipinski definition) is 6.